The Balaban J connectivity index is 2.23. The Kier molecular flexibility index (Phi) is 5.91. The zero-order valence-electron chi connectivity index (χ0n) is 9.83. The fraction of sp³-hybridized carbons (Fsp3) is 0.909. The Morgan fingerprint density at radius 1 is 1.53 bits per heavy atom. The molecule has 1 saturated carbocycles. The van der Waals surface area contributed by atoms with Crippen LogP contribution in [0, 0.1) is 0 Å². The second-order valence-corrected chi connectivity index (χ2v) is 5.27. The highest BCUT2D eigenvalue weighted by atomic mass is 32.2. The first kappa shape index (κ1) is 12.7. The van der Waals surface area contributed by atoms with Crippen LogP contribution in [0.5, 0.6) is 0 Å². The van der Waals surface area contributed by atoms with Crippen LogP contribution < -0.4 is 11.1 Å². The maximum Gasteiger partial charge on any atom is 0.189 e. The highest BCUT2D eigenvalue weighted by molar-refractivity contribution is 7.98. The van der Waals surface area contributed by atoms with Crippen LogP contribution in [-0.4, -0.2) is 30.1 Å². The number of nitrogens with zero attached hydrogens (tertiary/aromatic N) is 1. The molecule has 0 aromatic carbocycles. The summed E-state index contributed by atoms with van der Waals surface area (Å²) in [6.45, 7) is 2.16. The van der Waals surface area contributed by atoms with Gasteiger partial charge in [0.1, 0.15) is 0 Å². The van der Waals surface area contributed by atoms with E-state index in [9.17, 15) is 0 Å². The standard InChI is InChI=1S/C11H23N3S/c1-9(7-8-15-2)13-11(12)14-10-5-3-4-6-10/h9-10H,3-8H2,1-2H3,(H3,12,13,14). The van der Waals surface area contributed by atoms with Crippen molar-refractivity contribution in [3.63, 3.8) is 0 Å². The normalized spacial score (nSPS) is 20.5. The van der Waals surface area contributed by atoms with Crippen molar-refractivity contribution in [2.45, 2.75) is 51.1 Å². The molecular formula is C11H23N3S. The molecule has 88 valence electrons. The van der Waals surface area contributed by atoms with E-state index in [4.69, 9.17) is 5.73 Å². The monoisotopic (exact) mass is 229 g/mol. The van der Waals surface area contributed by atoms with Gasteiger partial charge in [0, 0.05) is 6.04 Å². The minimum Gasteiger partial charge on any atom is -0.370 e. The summed E-state index contributed by atoms with van der Waals surface area (Å²) in [5.74, 6) is 1.81. The molecule has 0 aliphatic heterocycles. The van der Waals surface area contributed by atoms with Crippen molar-refractivity contribution < 1.29 is 0 Å². The Morgan fingerprint density at radius 2 is 2.20 bits per heavy atom. The maximum absolute atomic E-state index is 5.86. The molecule has 0 amide bonds. The SMILES string of the molecule is CSCCC(C)NC(N)=NC1CCCC1. The van der Waals surface area contributed by atoms with Gasteiger partial charge in [0.2, 0.25) is 0 Å². The van der Waals surface area contributed by atoms with Crippen LogP contribution in [0.25, 0.3) is 0 Å². The minimum atomic E-state index is 0.433. The Bertz CT molecular complexity index is 200. The van der Waals surface area contributed by atoms with Gasteiger partial charge in [-0.2, -0.15) is 11.8 Å². The van der Waals surface area contributed by atoms with Gasteiger partial charge in [0.25, 0.3) is 0 Å². The van der Waals surface area contributed by atoms with E-state index in [0.717, 1.165) is 6.42 Å². The molecule has 1 fully saturated rings. The number of thioether (sulfide) groups is 1. The minimum absolute atomic E-state index is 0.433. The van der Waals surface area contributed by atoms with Crippen LogP contribution in [0.1, 0.15) is 39.0 Å². The quantitative estimate of drug-likeness (QED) is 0.560. The second-order valence-electron chi connectivity index (χ2n) is 4.28. The molecule has 3 N–H and O–H groups in total. The largest absolute Gasteiger partial charge is 0.370 e. The van der Waals surface area contributed by atoms with Gasteiger partial charge in [-0.3, -0.25) is 4.99 Å². The first-order valence-electron chi connectivity index (χ1n) is 5.81. The van der Waals surface area contributed by atoms with Crippen molar-refractivity contribution in [1.29, 1.82) is 0 Å². The van der Waals surface area contributed by atoms with Gasteiger partial charge >= 0.3 is 0 Å². The Hall–Kier alpha value is -0.380. The summed E-state index contributed by atoms with van der Waals surface area (Å²) < 4.78 is 0. The van der Waals surface area contributed by atoms with Crippen molar-refractivity contribution in [2.24, 2.45) is 10.7 Å². The Labute approximate surface area is 97.3 Å². The van der Waals surface area contributed by atoms with Gasteiger partial charge in [-0.1, -0.05) is 12.8 Å². The van der Waals surface area contributed by atoms with Gasteiger partial charge in [-0.15, -0.1) is 0 Å². The fourth-order valence-electron chi connectivity index (χ4n) is 1.89. The zero-order valence-corrected chi connectivity index (χ0v) is 10.6. The van der Waals surface area contributed by atoms with E-state index >= 15 is 0 Å². The molecule has 0 bridgehead atoms. The van der Waals surface area contributed by atoms with Crippen molar-refractivity contribution in [1.82, 2.24) is 5.32 Å². The van der Waals surface area contributed by atoms with Crippen molar-refractivity contribution >= 4 is 17.7 Å². The molecule has 0 radical (unpaired) electrons. The van der Waals surface area contributed by atoms with E-state index in [-0.39, 0.29) is 0 Å². The van der Waals surface area contributed by atoms with Gasteiger partial charge < -0.3 is 11.1 Å². The molecule has 1 aliphatic rings. The molecule has 0 aromatic heterocycles. The maximum atomic E-state index is 5.86. The smallest absolute Gasteiger partial charge is 0.189 e. The lowest BCUT2D eigenvalue weighted by Crippen LogP contribution is -2.39. The summed E-state index contributed by atoms with van der Waals surface area (Å²) in [5.41, 5.74) is 5.86. The average molecular weight is 229 g/mol. The van der Waals surface area contributed by atoms with E-state index in [1.165, 1.54) is 31.4 Å². The van der Waals surface area contributed by atoms with Gasteiger partial charge in [0.05, 0.1) is 6.04 Å². The molecular weight excluding hydrogens is 206 g/mol. The average Bonchev–Trinajstić information content (AvgIpc) is 2.67. The molecule has 1 rings (SSSR count). The molecule has 1 aliphatic carbocycles. The molecule has 15 heavy (non-hydrogen) atoms. The fourth-order valence-corrected chi connectivity index (χ4v) is 2.48. The summed E-state index contributed by atoms with van der Waals surface area (Å²) in [6, 6.07) is 0.910. The number of hydrogen-bond donors (Lipinski definition) is 2. The van der Waals surface area contributed by atoms with E-state index in [0.29, 0.717) is 18.0 Å². The first-order valence-corrected chi connectivity index (χ1v) is 7.20. The van der Waals surface area contributed by atoms with Gasteiger partial charge in [0.15, 0.2) is 5.96 Å². The number of rotatable bonds is 5. The van der Waals surface area contributed by atoms with Crippen LogP contribution >= 0.6 is 11.8 Å². The summed E-state index contributed by atoms with van der Waals surface area (Å²) in [6.07, 6.45) is 8.31. The lowest BCUT2D eigenvalue weighted by atomic mass is 10.2. The number of nitrogens with two attached hydrogens (primary N) is 1. The third kappa shape index (κ3) is 5.30. The van der Waals surface area contributed by atoms with E-state index in [1.807, 2.05) is 11.8 Å². The molecule has 1 atom stereocenters. The number of aliphatic imine (C=N–C) groups is 1. The molecule has 0 aromatic rings. The molecule has 3 nitrogen and oxygen atoms in total. The van der Waals surface area contributed by atoms with E-state index < -0.39 is 0 Å². The third-order valence-electron chi connectivity index (χ3n) is 2.80. The van der Waals surface area contributed by atoms with Crippen molar-refractivity contribution in [3.8, 4) is 0 Å². The van der Waals surface area contributed by atoms with Gasteiger partial charge in [-0.05, 0) is 38.2 Å². The summed E-state index contributed by atoms with van der Waals surface area (Å²) in [5, 5.41) is 3.26. The van der Waals surface area contributed by atoms with E-state index in [1.54, 1.807) is 0 Å². The van der Waals surface area contributed by atoms with Crippen molar-refractivity contribution in [2.75, 3.05) is 12.0 Å². The highest BCUT2D eigenvalue weighted by Gasteiger charge is 2.14. The second kappa shape index (κ2) is 6.99. The lowest BCUT2D eigenvalue weighted by Gasteiger charge is -2.14. The van der Waals surface area contributed by atoms with Gasteiger partial charge in [-0.25, -0.2) is 0 Å². The molecule has 0 spiro atoms. The third-order valence-corrected chi connectivity index (χ3v) is 3.44. The number of nitrogens with one attached hydrogen (secondary N) is 1. The predicted molar refractivity (Wildman–Crippen MR) is 69.5 cm³/mol. The molecule has 0 saturated heterocycles. The van der Waals surface area contributed by atoms with Crippen molar-refractivity contribution in [3.05, 3.63) is 0 Å². The molecule has 0 heterocycles. The summed E-state index contributed by atoms with van der Waals surface area (Å²) >= 11 is 1.87. The molecule has 4 heteroatoms. The first-order chi connectivity index (χ1) is 7.22. The van der Waals surface area contributed by atoms with Crippen LogP contribution in [0.4, 0.5) is 0 Å². The van der Waals surface area contributed by atoms with E-state index in [2.05, 4.69) is 23.5 Å². The predicted octanol–water partition coefficient (Wildman–Crippen LogP) is 1.97. The van der Waals surface area contributed by atoms with Crippen LogP contribution in [-0.2, 0) is 0 Å². The van der Waals surface area contributed by atoms with Crippen LogP contribution in [0.2, 0.25) is 0 Å². The summed E-state index contributed by atoms with van der Waals surface area (Å²) in [4.78, 5) is 4.50. The summed E-state index contributed by atoms with van der Waals surface area (Å²) in [7, 11) is 0. The highest BCUT2D eigenvalue weighted by Crippen LogP contribution is 2.20. The zero-order chi connectivity index (χ0) is 11.1. The Morgan fingerprint density at radius 3 is 2.80 bits per heavy atom. The molecule has 1 unspecified atom stereocenters. The van der Waals surface area contributed by atoms with Crippen LogP contribution in [0.3, 0.4) is 0 Å². The lowest BCUT2D eigenvalue weighted by molar-refractivity contribution is 0.629. The topological polar surface area (TPSA) is 50.4 Å². The number of hydrogen-bond acceptors (Lipinski definition) is 2. The van der Waals surface area contributed by atoms with Crippen LogP contribution in [0.15, 0.2) is 4.99 Å². The number of guanidine groups is 1.